The lowest BCUT2D eigenvalue weighted by atomic mass is 9.91. The Hall–Kier alpha value is -17.3. The van der Waals surface area contributed by atoms with Crippen LogP contribution < -0.4 is 0 Å². The van der Waals surface area contributed by atoms with Gasteiger partial charge in [-0.25, -0.2) is 19.9 Å². The number of rotatable bonds is 8. The maximum atomic E-state index is 5.50. The van der Waals surface area contributed by atoms with Crippen molar-refractivity contribution in [1.29, 1.82) is 0 Å². The van der Waals surface area contributed by atoms with E-state index in [1.807, 2.05) is 18.2 Å². The van der Waals surface area contributed by atoms with E-state index in [1.54, 1.807) is 0 Å². The zero-order valence-electron chi connectivity index (χ0n) is 69.8. The molecule has 0 radical (unpaired) electrons. The van der Waals surface area contributed by atoms with Crippen LogP contribution in [-0.2, 0) is 0 Å². The van der Waals surface area contributed by atoms with Gasteiger partial charge in [-0.1, -0.05) is 370 Å². The van der Waals surface area contributed by atoms with Gasteiger partial charge in [0, 0.05) is 71.2 Å². The maximum Gasteiger partial charge on any atom is 0.235 e. The summed E-state index contributed by atoms with van der Waals surface area (Å²) in [6, 6.07) is 159. The Balaban J connectivity index is 0.000000101. The van der Waals surface area contributed by atoms with Gasteiger partial charge in [0.15, 0.2) is 5.82 Å². The molecule has 0 bridgehead atoms. The van der Waals surface area contributed by atoms with Crippen LogP contribution in [0.5, 0.6) is 0 Å². The van der Waals surface area contributed by atoms with Crippen LogP contribution in [0.2, 0.25) is 0 Å². The molecule has 0 saturated heterocycles. The molecule has 7 heteroatoms. The molecule has 3 aliphatic carbocycles. The normalized spacial score (nSPS) is 12.0. The Kier molecular flexibility index (Phi) is 16.0. The van der Waals surface area contributed by atoms with Crippen LogP contribution in [0.1, 0.15) is 0 Å². The van der Waals surface area contributed by atoms with Crippen molar-refractivity contribution < 1.29 is 0 Å². The van der Waals surface area contributed by atoms with E-state index in [1.165, 1.54) is 181 Å². The second-order valence-corrected chi connectivity index (χ2v) is 34.0. The molecule has 21 aromatic carbocycles. The fourth-order valence-electron chi connectivity index (χ4n) is 21.7. The lowest BCUT2D eigenvalue weighted by Crippen LogP contribution is -2.04. The molecule has 5 aromatic heterocycles. The van der Waals surface area contributed by atoms with Gasteiger partial charge in [0.1, 0.15) is 5.69 Å². The van der Waals surface area contributed by atoms with Crippen LogP contribution in [0.25, 0.3) is 271 Å². The third-order valence-electron chi connectivity index (χ3n) is 27.1. The SMILES string of the molecule is c1ccc(-c2cc3cccc4c3c3c5c(cccc5n(-c5ccccc5)c23)-c2ccccc2-4)cc1.c1ccc(-c2cc3cccc4c3c3c5c(cccc5n(-c5nc(-c6ccc7ccccc7c6)c6ccccc6n5)c23)-c2ccccc2-4)cc1.c1ccc(-c2nc3ccccc3nc2-n2c3cccc4c3c3c5c(cccc5cc(-c5ccccc5)c32)-c2ccccc2-4)cc1. The number of nitrogens with zero attached hydrogens (tertiary/aromatic N) is 7. The second-order valence-electron chi connectivity index (χ2n) is 34.0. The summed E-state index contributed by atoms with van der Waals surface area (Å²) in [6.45, 7) is 0. The largest absolute Gasteiger partial charge is 0.309 e. The van der Waals surface area contributed by atoms with Gasteiger partial charge in [0.05, 0.1) is 55.3 Å². The fraction of sp³-hybridized carbons (Fsp3) is 0. The molecule has 3 aliphatic rings. The van der Waals surface area contributed by atoms with Gasteiger partial charge in [-0.2, -0.15) is 0 Å². The van der Waals surface area contributed by atoms with Crippen LogP contribution in [-0.4, -0.2) is 33.6 Å². The molecule has 0 amide bonds. The summed E-state index contributed by atoms with van der Waals surface area (Å²) in [5.41, 5.74) is 37.2. The van der Waals surface area contributed by atoms with Crippen LogP contribution in [0.4, 0.5) is 0 Å². The second kappa shape index (κ2) is 28.7. The van der Waals surface area contributed by atoms with Gasteiger partial charge in [0.25, 0.3) is 0 Å². The minimum absolute atomic E-state index is 0.668. The minimum Gasteiger partial charge on any atom is -0.309 e. The molecule has 0 fully saturated rings. The number of hydrogen-bond donors (Lipinski definition) is 0. The highest BCUT2D eigenvalue weighted by Crippen LogP contribution is 2.57. The Morgan fingerprint density at radius 3 is 0.961 bits per heavy atom. The van der Waals surface area contributed by atoms with E-state index in [2.05, 4.69) is 438 Å². The number of aromatic nitrogens is 7. The van der Waals surface area contributed by atoms with Gasteiger partial charge in [-0.05, 0) is 199 Å². The van der Waals surface area contributed by atoms with Gasteiger partial charge in [-0.15, -0.1) is 0 Å². The molecule has 596 valence electrons. The Morgan fingerprint density at radius 1 is 0.163 bits per heavy atom. The van der Waals surface area contributed by atoms with E-state index in [0.717, 1.165) is 83.5 Å². The van der Waals surface area contributed by atoms with Crippen molar-refractivity contribution in [3.63, 3.8) is 0 Å². The molecule has 0 N–H and O–H groups in total. The average molecular weight is 1640 g/mol. The lowest BCUT2D eigenvalue weighted by molar-refractivity contribution is 1.01. The van der Waals surface area contributed by atoms with Crippen molar-refractivity contribution in [2.75, 3.05) is 0 Å². The van der Waals surface area contributed by atoms with Crippen LogP contribution >= 0.6 is 0 Å². The summed E-state index contributed by atoms with van der Waals surface area (Å²) in [5, 5.41) is 18.8. The van der Waals surface area contributed by atoms with Crippen molar-refractivity contribution in [3.8, 4) is 140 Å². The standard InChI is InChI=1S/C46H27N3.C42H25N3.C34H21N/c1-2-13-29(14-3-1)38-27-31-16-10-20-35-33-17-6-7-18-34(33)36-21-11-23-40-42(36)43(41(31)35)45(38)49(40)46-47-39-22-9-8-19-37(39)44(48-46)32-25-24-28-12-4-5-15-30(28)26-32;1-3-13-26(14-4-1)33-25-28-17-11-20-31-29-18-7-8-19-30(29)32-21-12-24-36-38(32)39(37(28)31)41(33)45(36)42-40(27-15-5-2-6-16-27)43-34-22-9-10-23-35(34)44-42;1-3-11-22(12-4-1)29-21-23-13-9-18-27-25-16-7-8-17-26(25)28-19-10-20-30-32(28)33(31(23)27)34(29)35(30)24-14-5-2-6-15-24/h1-27H;1-25H;1-21H. The molecule has 0 atom stereocenters. The molecule has 29 rings (SSSR count). The predicted molar refractivity (Wildman–Crippen MR) is 539 cm³/mol. The molecule has 0 spiro atoms. The maximum absolute atomic E-state index is 5.50. The Bertz CT molecular complexity index is 9230. The Labute approximate surface area is 741 Å². The van der Waals surface area contributed by atoms with E-state index in [0.29, 0.717) is 5.95 Å². The summed E-state index contributed by atoms with van der Waals surface area (Å²) in [6.07, 6.45) is 0. The van der Waals surface area contributed by atoms with E-state index >= 15 is 0 Å². The zero-order chi connectivity index (χ0) is 84.5. The number of hydrogen-bond acceptors (Lipinski definition) is 4. The van der Waals surface area contributed by atoms with E-state index in [4.69, 9.17) is 19.9 Å². The van der Waals surface area contributed by atoms with Crippen LogP contribution in [0.15, 0.2) is 443 Å². The molecule has 129 heavy (non-hydrogen) atoms. The molecule has 5 heterocycles. The van der Waals surface area contributed by atoms with E-state index in [-0.39, 0.29) is 0 Å². The lowest BCUT2D eigenvalue weighted by Gasteiger charge is -2.18. The fourth-order valence-corrected chi connectivity index (χ4v) is 21.7. The van der Waals surface area contributed by atoms with Gasteiger partial charge in [0.2, 0.25) is 5.95 Å². The van der Waals surface area contributed by atoms with Crippen LogP contribution in [0, 0.1) is 0 Å². The molecular formula is C122H73N7. The highest BCUT2D eigenvalue weighted by molar-refractivity contribution is 6.36. The number of para-hydroxylation sites is 4. The average Bonchev–Trinajstić information content (AvgIpc) is 1.54. The third kappa shape index (κ3) is 11.0. The topological polar surface area (TPSA) is 66.3 Å². The molecule has 0 saturated carbocycles. The van der Waals surface area contributed by atoms with E-state index < -0.39 is 0 Å². The molecular weight excluding hydrogens is 1560 g/mol. The molecule has 0 aliphatic heterocycles. The number of fused-ring (bicyclic) bond motifs is 12. The first-order valence-electron chi connectivity index (χ1n) is 44.3. The van der Waals surface area contributed by atoms with Gasteiger partial charge >= 0.3 is 0 Å². The summed E-state index contributed by atoms with van der Waals surface area (Å²) in [7, 11) is 0. The van der Waals surface area contributed by atoms with Gasteiger partial charge in [-0.3, -0.25) is 9.13 Å². The van der Waals surface area contributed by atoms with Crippen molar-refractivity contribution in [3.05, 3.63) is 443 Å². The summed E-state index contributed by atoms with van der Waals surface area (Å²) < 4.78 is 7.20. The number of benzene rings is 21. The van der Waals surface area contributed by atoms with E-state index in [9.17, 15) is 0 Å². The first kappa shape index (κ1) is 72.2. The third-order valence-corrected chi connectivity index (χ3v) is 27.1. The molecule has 7 nitrogen and oxygen atoms in total. The summed E-state index contributed by atoms with van der Waals surface area (Å²) in [4.78, 5) is 21.6. The van der Waals surface area contributed by atoms with Crippen molar-refractivity contribution in [1.82, 2.24) is 33.6 Å². The zero-order valence-corrected chi connectivity index (χ0v) is 69.8. The highest BCUT2D eigenvalue weighted by atomic mass is 15.2. The van der Waals surface area contributed by atoms with Crippen molar-refractivity contribution >= 4 is 130 Å². The quantitative estimate of drug-likeness (QED) is 0.152. The molecule has 26 aromatic rings. The van der Waals surface area contributed by atoms with Crippen molar-refractivity contribution in [2.45, 2.75) is 0 Å². The van der Waals surface area contributed by atoms with Crippen LogP contribution in [0.3, 0.4) is 0 Å². The predicted octanol–water partition coefficient (Wildman–Crippen LogP) is 32.1. The summed E-state index contributed by atoms with van der Waals surface area (Å²) >= 11 is 0. The smallest absolute Gasteiger partial charge is 0.235 e. The minimum atomic E-state index is 0.668. The first-order valence-corrected chi connectivity index (χ1v) is 44.3. The molecule has 0 unspecified atom stereocenters. The highest BCUT2D eigenvalue weighted by Gasteiger charge is 2.33. The van der Waals surface area contributed by atoms with Gasteiger partial charge < -0.3 is 4.57 Å². The Morgan fingerprint density at radius 2 is 0.496 bits per heavy atom. The summed E-state index contributed by atoms with van der Waals surface area (Å²) in [5.74, 6) is 1.50. The first-order chi connectivity index (χ1) is 64.1. The monoisotopic (exact) mass is 1640 g/mol. The van der Waals surface area contributed by atoms with Crippen molar-refractivity contribution in [2.24, 2.45) is 0 Å².